The van der Waals surface area contributed by atoms with Crippen molar-refractivity contribution in [2.75, 3.05) is 0 Å². The zero-order valence-electron chi connectivity index (χ0n) is 21.5. The highest BCUT2D eigenvalue weighted by Gasteiger charge is 2.29. The van der Waals surface area contributed by atoms with Crippen LogP contribution in [0.1, 0.15) is 115 Å². The first-order chi connectivity index (χ1) is 16.8. The lowest BCUT2D eigenvalue weighted by Gasteiger charge is -2.36. The SMILES string of the molecule is Fc1ccc(-c2ccc(CCCCC(C3CCCCCCC3)C3CCCCCCC3)cc2)cc1. The molecule has 2 aliphatic carbocycles. The van der Waals surface area contributed by atoms with Crippen LogP contribution in [0.15, 0.2) is 48.5 Å². The number of unbranched alkanes of at least 4 members (excludes halogenated alkanes) is 1. The van der Waals surface area contributed by atoms with Gasteiger partial charge in [0.05, 0.1) is 0 Å². The van der Waals surface area contributed by atoms with E-state index >= 15 is 0 Å². The van der Waals surface area contributed by atoms with Crippen molar-refractivity contribution in [3.8, 4) is 11.1 Å². The second-order valence-corrected chi connectivity index (χ2v) is 11.3. The average Bonchev–Trinajstić information content (AvgIpc) is 2.81. The second-order valence-electron chi connectivity index (χ2n) is 11.3. The Morgan fingerprint density at radius 3 is 1.50 bits per heavy atom. The number of rotatable bonds is 8. The molecule has 0 N–H and O–H groups in total. The van der Waals surface area contributed by atoms with Gasteiger partial charge in [0, 0.05) is 0 Å². The van der Waals surface area contributed by atoms with Gasteiger partial charge in [-0.05, 0) is 65.8 Å². The number of aryl methyl sites for hydroxylation is 1. The Balaban J connectivity index is 1.31. The first-order valence-electron chi connectivity index (χ1n) is 14.6. The van der Waals surface area contributed by atoms with E-state index in [1.54, 1.807) is 12.1 Å². The summed E-state index contributed by atoms with van der Waals surface area (Å²) in [6, 6.07) is 15.8. The fourth-order valence-electron chi connectivity index (χ4n) is 6.90. The quantitative estimate of drug-likeness (QED) is 0.342. The largest absolute Gasteiger partial charge is 0.207 e. The molecule has 186 valence electrons. The van der Waals surface area contributed by atoms with Crippen molar-refractivity contribution >= 4 is 0 Å². The van der Waals surface area contributed by atoms with Crippen molar-refractivity contribution in [3.63, 3.8) is 0 Å². The maximum Gasteiger partial charge on any atom is 0.123 e. The lowest BCUT2D eigenvalue weighted by Crippen LogP contribution is -2.25. The van der Waals surface area contributed by atoms with E-state index in [-0.39, 0.29) is 5.82 Å². The predicted octanol–water partition coefficient (Wildman–Crippen LogP) is 10.5. The molecule has 0 aromatic heterocycles. The van der Waals surface area contributed by atoms with Gasteiger partial charge >= 0.3 is 0 Å². The van der Waals surface area contributed by atoms with Gasteiger partial charge in [-0.15, -0.1) is 0 Å². The lowest BCUT2D eigenvalue weighted by atomic mass is 9.69. The summed E-state index contributed by atoms with van der Waals surface area (Å²) in [6.45, 7) is 0. The van der Waals surface area contributed by atoms with Crippen LogP contribution in [0.3, 0.4) is 0 Å². The molecule has 0 bridgehead atoms. The van der Waals surface area contributed by atoms with E-state index in [1.807, 2.05) is 12.1 Å². The third kappa shape index (κ3) is 7.96. The van der Waals surface area contributed by atoms with Crippen LogP contribution in [0.25, 0.3) is 11.1 Å². The molecule has 4 rings (SSSR count). The van der Waals surface area contributed by atoms with E-state index < -0.39 is 0 Å². The van der Waals surface area contributed by atoms with Gasteiger partial charge < -0.3 is 0 Å². The van der Waals surface area contributed by atoms with Crippen molar-refractivity contribution in [2.45, 2.75) is 116 Å². The van der Waals surface area contributed by atoms with Crippen LogP contribution < -0.4 is 0 Å². The van der Waals surface area contributed by atoms with Crippen molar-refractivity contribution in [3.05, 3.63) is 59.9 Å². The highest BCUT2D eigenvalue weighted by atomic mass is 19.1. The molecule has 1 heteroatoms. The van der Waals surface area contributed by atoms with Crippen LogP contribution in [0.5, 0.6) is 0 Å². The minimum Gasteiger partial charge on any atom is -0.207 e. The highest BCUT2D eigenvalue weighted by molar-refractivity contribution is 5.63. The zero-order chi connectivity index (χ0) is 23.4. The van der Waals surface area contributed by atoms with Crippen molar-refractivity contribution in [1.82, 2.24) is 0 Å². The van der Waals surface area contributed by atoms with Crippen LogP contribution in [0.4, 0.5) is 4.39 Å². The fraction of sp³-hybridized carbons (Fsp3) is 0.636. The maximum absolute atomic E-state index is 13.2. The van der Waals surface area contributed by atoms with Crippen molar-refractivity contribution in [2.24, 2.45) is 17.8 Å². The summed E-state index contributed by atoms with van der Waals surface area (Å²) < 4.78 is 13.2. The summed E-state index contributed by atoms with van der Waals surface area (Å²) in [4.78, 5) is 0. The van der Waals surface area contributed by atoms with E-state index in [0.29, 0.717) is 0 Å². The van der Waals surface area contributed by atoms with E-state index in [1.165, 1.54) is 127 Å². The summed E-state index contributed by atoms with van der Waals surface area (Å²) in [5.41, 5.74) is 3.71. The van der Waals surface area contributed by atoms with E-state index in [9.17, 15) is 4.39 Å². The maximum atomic E-state index is 13.2. The first kappa shape index (κ1) is 25.5. The normalized spacial score (nSPS) is 19.4. The van der Waals surface area contributed by atoms with Crippen LogP contribution in [0.2, 0.25) is 0 Å². The van der Waals surface area contributed by atoms with Crippen LogP contribution >= 0.6 is 0 Å². The van der Waals surface area contributed by atoms with Gasteiger partial charge in [0.25, 0.3) is 0 Å². The number of hydrogen-bond acceptors (Lipinski definition) is 0. The molecular weight excluding hydrogens is 415 g/mol. The number of hydrogen-bond donors (Lipinski definition) is 0. The van der Waals surface area contributed by atoms with E-state index in [0.717, 1.165) is 23.3 Å². The summed E-state index contributed by atoms with van der Waals surface area (Å²) >= 11 is 0. The minimum atomic E-state index is -0.169. The molecule has 2 aromatic rings. The monoisotopic (exact) mass is 462 g/mol. The molecule has 0 amide bonds. The average molecular weight is 463 g/mol. The molecule has 0 aliphatic heterocycles. The van der Waals surface area contributed by atoms with Gasteiger partial charge in [-0.2, -0.15) is 0 Å². The molecule has 2 fully saturated rings. The van der Waals surface area contributed by atoms with Gasteiger partial charge in [0.15, 0.2) is 0 Å². The van der Waals surface area contributed by atoms with Gasteiger partial charge in [0.2, 0.25) is 0 Å². The second kappa shape index (κ2) is 14.1. The summed E-state index contributed by atoms with van der Waals surface area (Å²) in [5.74, 6) is 2.81. The predicted molar refractivity (Wildman–Crippen MR) is 144 cm³/mol. The molecule has 0 spiro atoms. The van der Waals surface area contributed by atoms with Gasteiger partial charge in [0.1, 0.15) is 5.82 Å². The molecule has 34 heavy (non-hydrogen) atoms. The van der Waals surface area contributed by atoms with Gasteiger partial charge in [-0.25, -0.2) is 4.39 Å². The molecule has 2 aliphatic rings. The molecule has 0 radical (unpaired) electrons. The Bertz CT molecular complexity index is 767. The molecule has 2 saturated carbocycles. The topological polar surface area (TPSA) is 0 Å². The molecule has 0 heterocycles. The summed E-state index contributed by atoms with van der Waals surface area (Å²) in [6.07, 6.45) is 26.1. The number of halogens is 1. The minimum absolute atomic E-state index is 0.169. The lowest BCUT2D eigenvalue weighted by molar-refractivity contribution is 0.148. The Hall–Kier alpha value is -1.63. The fourth-order valence-corrected chi connectivity index (χ4v) is 6.90. The van der Waals surface area contributed by atoms with E-state index in [4.69, 9.17) is 0 Å². The molecule has 0 nitrogen and oxygen atoms in total. The third-order valence-corrected chi connectivity index (χ3v) is 8.90. The van der Waals surface area contributed by atoms with Crippen LogP contribution in [-0.2, 0) is 6.42 Å². The first-order valence-corrected chi connectivity index (χ1v) is 14.6. The number of benzene rings is 2. The summed E-state index contributed by atoms with van der Waals surface area (Å²) in [5, 5.41) is 0. The zero-order valence-corrected chi connectivity index (χ0v) is 21.5. The molecule has 0 atom stereocenters. The highest BCUT2D eigenvalue weighted by Crippen LogP contribution is 2.40. The van der Waals surface area contributed by atoms with E-state index in [2.05, 4.69) is 24.3 Å². The molecule has 0 saturated heterocycles. The summed E-state index contributed by atoms with van der Waals surface area (Å²) in [7, 11) is 0. The van der Waals surface area contributed by atoms with Crippen LogP contribution in [0, 0.1) is 23.6 Å². The van der Waals surface area contributed by atoms with Crippen molar-refractivity contribution < 1.29 is 4.39 Å². The Morgan fingerprint density at radius 1 is 0.559 bits per heavy atom. The molecule has 0 unspecified atom stereocenters. The van der Waals surface area contributed by atoms with Crippen molar-refractivity contribution in [1.29, 1.82) is 0 Å². The molecular formula is C33H47F. The van der Waals surface area contributed by atoms with Gasteiger partial charge in [-0.3, -0.25) is 0 Å². The van der Waals surface area contributed by atoms with Crippen LogP contribution in [-0.4, -0.2) is 0 Å². The van der Waals surface area contributed by atoms with Gasteiger partial charge in [-0.1, -0.05) is 133 Å². The molecule has 2 aromatic carbocycles. The third-order valence-electron chi connectivity index (χ3n) is 8.90. The Labute approximate surface area is 208 Å². The standard InChI is InChI=1S/C33H47F/c34-32-25-23-29(24-26-32)28-21-19-27(20-22-28)13-11-12-18-33(30-14-7-3-1-4-8-15-30)31-16-9-5-2-6-10-17-31/h19-26,30-31,33H,1-18H2. The Morgan fingerprint density at radius 2 is 1.00 bits per heavy atom. The Kier molecular flexibility index (Phi) is 10.5. The smallest absolute Gasteiger partial charge is 0.123 e.